The van der Waals surface area contributed by atoms with E-state index in [-0.39, 0.29) is 40.5 Å². The molecule has 1 aliphatic heterocycles. The highest BCUT2D eigenvalue weighted by atomic mass is 35.5. The number of pyridine rings is 1. The SMILES string of the molecule is CCCCCCC(CCC)C(=O)OC1CCCC12CNCCC2(O)Cn1cc(C(=O)N(C)C)c(Cl)cc1=O. The van der Waals surface area contributed by atoms with Gasteiger partial charge in [-0.3, -0.25) is 14.4 Å². The summed E-state index contributed by atoms with van der Waals surface area (Å²) in [6.45, 7) is 5.35. The van der Waals surface area contributed by atoms with Crippen molar-refractivity contribution in [2.75, 3.05) is 27.2 Å². The Hall–Kier alpha value is -1.90. The summed E-state index contributed by atoms with van der Waals surface area (Å²) < 4.78 is 7.63. The smallest absolute Gasteiger partial charge is 0.309 e. The second-order valence-electron chi connectivity index (χ2n) is 11.5. The van der Waals surface area contributed by atoms with Crippen LogP contribution in [0.3, 0.4) is 0 Å². The summed E-state index contributed by atoms with van der Waals surface area (Å²) in [5.41, 5.74) is -2.18. The molecule has 2 heterocycles. The molecule has 1 saturated heterocycles. The summed E-state index contributed by atoms with van der Waals surface area (Å²) in [5, 5.41) is 15.7. The zero-order chi connectivity index (χ0) is 27.9. The number of hydrogen-bond donors (Lipinski definition) is 2. The van der Waals surface area contributed by atoms with Gasteiger partial charge in [0.05, 0.1) is 34.1 Å². The summed E-state index contributed by atoms with van der Waals surface area (Å²) >= 11 is 6.24. The molecule has 0 radical (unpaired) electrons. The van der Waals surface area contributed by atoms with Gasteiger partial charge in [-0.15, -0.1) is 0 Å². The lowest BCUT2D eigenvalue weighted by Gasteiger charge is -2.51. The van der Waals surface area contributed by atoms with Crippen LogP contribution in [0.1, 0.15) is 94.8 Å². The van der Waals surface area contributed by atoms with Gasteiger partial charge >= 0.3 is 5.97 Å². The van der Waals surface area contributed by atoms with Crippen molar-refractivity contribution in [1.82, 2.24) is 14.8 Å². The Morgan fingerprint density at radius 1 is 1.21 bits per heavy atom. The molecule has 38 heavy (non-hydrogen) atoms. The van der Waals surface area contributed by atoms with Gasteiger partial charge in [-0.25, -0.2) is 0 Å². The van der Waals surface area contributed by atoms with Crippen LogP contribution in [0.25, 0.3) is 0 Å². The summed E-state index contributed by atoms with van der Waals surface area (Å²) in [4.78, 5) is 40.3. The van der Waals surface area contributed by atoms with Crippen molar-refractivity contribution in [1.29, 1.82) is 0 Å². The van der Waals surface area contributed by atoms with E-state index in [1.54, 1.807) is 14.1 Å². The third kappa shape index (κ3) is 6.62. The number of aromatic nitrogens is 1. The third-order valence-electron chi connectivity index (χ3n) is 8.57. The molecule has 1 spiro atoms. The highest BCUT2D eigenvalue weighted by molar-refractivity contribution is 6.33. The molecule has 1 amide bonds. The number of nitrogens with zero attached hydrogens (tertiary/aromatic N) is 2. The zero-order valence-corrected chi connectivity index (χ0v) is 24.3. The van der Waals surface area contributed by atoms with E-state index >= 15 is 0 Å². The molecule has 3 rings (SSSR count). The molecule has 214 valence electrons. The maximum Gasteiger partial charge on any atom is 0.309 e. The van der Waals surface area contributed by atoms with Gasteiger partial charge in [-0.2, -0.15) is 0 Å². The van der Waals surface area contributed by atoms with Crippen LogP contribution in [-0.4, -0.2) is 65.3 Å². The fraction of sp³-hybridized carbons (Fsp3) is 0.759. The van der Waals surface area contributed by atoms with E-state index in [2.05, 4.69) is 19.2 Å². The highest BCUT2D eigenvalue weighted by Gasteiger charge is 2.60. The monoisotopic (exact) mass is 551 g/mol. The van der Waals surface area contributed by atoms with E-state index in [0.29, 0.717) is 32.4 Å². The topological polar surface area (TPSA) is 101 Å². The van der Waals surface area contributed by atoms with E-state index in [4.69, 9.17) is 16.3 Å². The van der Waals surface area contributed by atoms with Gasteiger partial charge in [0.1, 0.15) is 6.10 Å². The number of nitrogens with one attached hydrogen (secondary N) is 1. The fourth-order valence-electron chi connectivity index (χ4n) is 6.34. The lowest BCUT2D eigenvalue weighted by Crippen LogP contribution is -2.65. The number of hydrogen-bond acceptors (Lipinski definition) is 6. The van der Waals surface area contributed by atoms with Gasteiger partial charge in [0.15, 0.2) is 0 Å². The average Bonchev–Trinajstić information content (AvgIpc) is 3.27. The average molecular weight is 552 g/mol. The Labute approximate surface area is 232 Å². The Balaban J connectivity index is 1.86. The number of piperidine rings is 1. The Bertz CT molecular complexity index is 1030. The maximum absolute atomic E-state index is 13.4. The maximum atomic E-state index is 13.4. The minimum Gasteiger partial charge on any atom is -0.461 e. The van der Waals surface area contributed by atoms with Gasteiger partial charge in [0.25, 0.3) is 11.5 Å². The summed E-state index contributed by atoms with van der Waals surface area (Å²) in [6, 6.07) is 1.23. The van der Waals surface area contributed by atoms with Gasteiger partial charge in [0, 0.05) is 32.9 Å². The number of aliphatic hydroxyl groups is 1. The van der Waals surface area contributed by atoms with Crippen molar-refractivity contribution < 1.29 is 19.4 Å². The van der Waals surface area contributed by atoms with E-state index in [0.717, 1.165) is 44.9 Å². The van der Waals surface area contributed by atoms with Crippen molar-refractivity contribution in [2.24, 2.45) is 11.3 Å². The molecule has 0 aromatic carbocycles. The molecule has 1 aromatic heterocycles. The van der Waals surface area contributed by atoms with Crippen LogP contribution >= 0.6 is 11.6 Å². The number of unbranched alkanes of at least 4 members (excludes halogenated alkanes) is 3. The predicted molar refractivity (Wildman–Crippen MR) is 149 cm³/mol. The van der Waals surface area contributed by atoms with Crippen LogP contribution in [0.15, 0.2) is 17.1 Å². The molecule has 2 fully saturated rings. The minimum absolute atomic E-state index is 0.00183. The van der Waals surface area contributed by atoms with Crippen LogP contribution in [0, 0.1) is 11.3 Å². The lowest BCUT2D eigenvalue weighted by atomic mass is 9.65. The van der Waals surface area contributed by atoms with Crippen LogP contribution in [0.2, 0.25) is 5.02 Å². The van der Waals surface area contributed by atoms with Crippen molar-refractivity contribution in [2.45, 2.75) is 103 Å². The number of esters is 1. The molecule has 4 atom stereocenters. The number of rotatable bonds is 12. The second kappa shape index (κ2) is 13.4. The zero-order valence-electron chi connectivity index (χ0n) is 23.6. The quantitative estimate of drug-likeness (QED) is 0.295. The highest BCUT2D eigenvalue weighted by Crippen LogP contribution is 2.51. The molecule has 0 bridgehead atoms. The molecule has 2 aliphatic rings. The predicted octanol–water partition coefficient (Wildman–Crippen LogP) is 4.40. The first kappa shape index (κ1) is 30.6. The number of carbonyl (C=O) groups excluding carboxylic acids is 2. The van der Waals surface area contributed by atoms with E-state index in [1.807, 2.05) is 0 Å². The first-order valence-corrected chi connectivity index (χ1v) is 14.7. The van der Waals surface area contributed by atoms with Gasteiger partial charge < -0.3 is 24.6 Å². The van der Waals surface area contributed by atoms with Crippen molar-refractivity contribution >= 4 is 23.5 Å². The Kier molecular flexibility index (Phi) is 10.8. The lowest BCUT2D eigenvalue weighted by molar-refractivity contribution is -0.187. The first-order valence-electron chi connectivity index (χ1n) is 14.3. The molecule has 1 saturated carbocycles. The molecule has 2 N–H and O–H groups in total. The molecule has 8 nitrogen and oxygen atoms in total. The van der Waals surface area contributed by atoms with Gasteiger partial charge in [-0.05, 0) is 45.1 Å². The van der Waals surface area contributed by atoms with Crippen LogP contribution in [0.5, 0.6) is 0 Å². The molecule has 9 heteroatoms. The summed E-state index contributed by atoms with van der Waals surface area (Å²) in [5.74, 6) is -0.605. The molecule has 1 aromatic rings. The van der Waals surface area contributed by atoms with Crippen LogP contribution in [0.4, 0.5) is 0 Å². The molecular formula is C29H46ClN3O5. The molecule has 4 unspecified atom stereocenters. The first-order chi connectivity index (χ1) is 18.1. The number of amides is 1. The van der Waals surface area contributed by atoms with Crippen molar-refractivity contribution in [3.8, 4) is 0 Å². The minimum atomic E-state index is -1.29. The Morgan fingerprint density at radius 3 is 2.66 bits per heavy atom. The van der Waals surface area contributed by atoms with E-state index in [9.17, 15) is 19.5 Å². The normalized spacial score (nSPS) is 25.9. The molecule has 1 aliphatic carbocycles. The van der Waals surface area contributed by atoms with Gasteiger partial charge in [-0.1, -0.05) is 57.6 Å². The number of ether oxygens (including phenoxy) is 1. The summed E-state index contributed by atoms with van der Waals surface area (Å²) in [6.07, 6.45) is 10.6. The second-order valence-corrected chi connectivity index (χ2v) is 11.9. The van der Waals surface area contributed by atoms with E-state index in [1.165, 1.54) is 28.2 Å². The van der Waals surface area contributed by atoms with Crippen LogP contribution in [-0.2, 0) is 16.1 Å². The largest absolute Gasteiger partial charge is 0.461 e. The third-order valence-corrected chi connectivity index (χ3v) is 8.88. The fourth-order valence-corrected chi connectivity index (χ4v) is 6.56. The molecular weight excluding hydrogens is 506 g/mol. The van der Waals surface area contributed by atoms with E-state index < -0.39 is 17.1 Å². The standard InChI is InChI=1S/C29H46ClN3O5/c1-5-7-8-9-12-21(11-6-2)27(36)38-24-13-10-14-28(24)19-31-16-15-29(28,37)20-33-18-22(26(35)32(3)4)23(30)17-25(33)34/h17-18,21,24,31,37H,5-16,19-20H2,1-4H3. The van der Waals surface area contributed by atoms with Gasteiger partial charge in [0.2, 0.25) is 0 Å². The summed E-state index contributed by atoms with van der Waals surface area (Å²) in [7, 11) is 3.24. The van der Waals surface area contributed by atoms with Crippen molar-refractivity contribution in [3.05, 3.63) is 33.2 Å². The number of halogens is 1. The number of carbonyl (C=O) groups is 2. The Morgan fingerprint density at radius 2 is 1.97 bits per heavy atom. The van der Waals surface area contributed by atoms with Crippen LogP contribution < -0.4 is 10.9 Å². The van der Waals surface area contributed by atoms with Crippen molar-refractivity contribution in [3.63, 3.8) is 0 Å².